The van der Waals surface area contributed by atoms with Crippen LogP contribution in [0.2, 0.25) is 0 Å². The van der Waals surface area contributed by atoms with Gasteiger partial charge in [0.1, 0.15) is 5.76 Å². The first-order valence-electron chi connectivity index (χ1n) is 2.82. The largest absolute Gasteiger partial charge is 0.467 e. The van der Waals surface area contributed by atoms with Crippen molar-refractivity contribution in [3.8, 4) is 0 Å². The standard InChI is InChI=1S/C6H8BrNO2/c1-9-8-4-6-5(7)2-3-10-6/h2-3,8H,4H2,1H3. The summed E-state index contributed by atoms with van der Waals surface area (Å²) in [6, 6.07) is 1.84. The molecule has 0 amide bonds. The lowest BCUT2D eigenvalue weighted by Gasteiger charge is -1.97. The van der Waals surface area contributed by atoms with Crippen molar-refractivity contribution in [2.75, 3.05) is 7.11 Å². The summed E-state index contributed by atoms with van der Waals surface area (Å²) in [6.45, 7) is 0.573. The van der Waals surface area contributed by atoms with Crippen LogP contribution in [-0.4, -0.2) is 7.11 Å². The molecule has 0 aliphatic carbocycles. The number of hydrogen-bond donors (Lipinski definition) is 1. The first kappa shape index (κ1) is 7.78. The van der Waals surface area contributed by atoms with Crippen LogP contribution in [0.25, 0.3) is 0 Å². The summed E-state index contributed by atoms with van der Waals surface area (Å²) in [6.07, 6.45) is 1.62. The minimum Gasteiger partial charge on any atom is -0.467 e. The smallest absolute Gasteiger partial charge is 0.134 e. The van der Waals surface area contributed by atoms with Gasteiger partial charge < -0.3 is 9.25 Å². The molecule has 0 fully saturated rings. The molecule has 0 spiro atoms. The average molecular weight is 206 g/mol. The number of hydrogen-bond acceptors (Lipinski definition) is 3. The van der Waals surface area contributed by atoms with Crippen LogP contribution in [0.4, 0.5) is 0 Å². The lowest BCUT2D eigenvalue weighted by Crippen LogP contribution is -2.10. The van der Waals surface area contributed by atoms with Crippen molar-refractivity contribution in [3.05, 3.63) is 22.6 Å². The highest BCUT2D eigenvalue weighted by molar-refractivity contribution is 9.10. The molecule has 4 heteroatoms. The maximum absolute atomic E-state index is 5.08. The van der Waals surface area contributed by atoms with E-state index in [0.717, 1.165) is 10.2 Å². The third-order valence-electron chi connectivity index (χ3n) is 1.07. The Balaban J connectivity index is 2.49. The highest BCUT2D eigenvalue weighted by atomic mass is 79.9. The zero-order valence-electron chi connectivity index (χ0n) is 5.56. The molecule has 1 heterocycles. The SMILES string of the molecule is CONCc1occc1Br. The predicted octanol–water partition coefficient (Wildman–Crippen LogP) is 1.69. The second-order valence-electron chi connectivity index (χ2n) is 1.72. The Hall–Kier alpha value is -0.320. The van der Waals surface area contributed by atoms with Gasteiger partial charge in [-0.3, -0.25) is 0 Å². The van der Waals surface area contributed by atoms with Gasteiger partial charge in [-0.25, -0.2) is 0 Å². The van der Waals surface area contributed by atoms with Crippen molar-refractivity contribution in [2.24, 2.45) is 0 Å². The molecule has 3 nitrogen and oxygen atoms in total. The lowest BCUT2D eigenvalue weighted by atomic mass is 10.5. The minimum absolute atomic E-state index is 0.573. The summed E-state index contributed by atoms with van der Waals surface area (Å²) >= 11 is 3.31. The van der Waals surface area contributed by atoms with Crippen molar-refractivity contribution in [2.45, 2.75) is 6.54 Å². The fraction of sp³-hybridized carbons (Fsp3) is 0.333. The van der Waals surface area contributed by atoms with E-state index in [1.807, 2.05) is 6.07 Å². The Morgan fingerprint density at radius 2 is 2.60 bits per heavy atom. The van der Waals surface area contributed by atoms with E-state index < -0.39 is 0 Å². The number of rotatable bonds is 3. The van der Waals surface area contributed by atoms with E-state index in [-0.39, 0.29) is 0 Å². The summed E-state index contributed by atoms with van der Waals surface area (Å²) in [5.74, 6) is 0.835. The highest BCUT2D eigenvalue weighted by Crippen LogP contribution is 2.16. The second-order valence-corrected chi connectivity index (χ2v) is 2.57. The molecule has 0 aliphatic heterocycles. The molecule has 10 heavy (non-hydrogen) atoms. The maximum Gasteiger partial charge on any atom is 0.134 e. The Morgan fingerprint density at radius 3 is 3.10 bits per heavy atom. The van der Waals surface area contributed by atoms with Gasteiger partial charge in [-0.15, -0.1) is 0 Å². The molecule has 0 saturated heterocycles. The molecule has 0 saturated carbocycles. The van der Waals surface area contributed by atoms with E-state index in [1.165, 1.54) is 0 Å². The summed E-state index contributed by atoms with van der Waals surface area (Å²) in [4.78, 5) is 4.64. The van der Waals surface area contributed by atoms with E-state index >= 15 is 0 Å². The number of halogens is 1. The van der Waals surface area contributed by atoms with E-state index in [1.54, 1.807) is 13.4 Å². The van der Waals surface area contributed by atoms with Crippen molar-refractivity contribution in [1.29, 1.82) is 0 Å². The Kier molecular flexibility index (Phi) is 2.92. The second kappa shape index (κ2) is 3.75. The minimum atomic E-state index is 0.573. The van der Waals surface area contributed by atoms with E-state index in [9.17, 15) is 0 Å². The molecular formula is C6H8BrNO2. The zero-order valence-corrected chi connectivity index (χ0v) is 7.14. The van der Waals surface area contributed by atoms with Crippen molar-refractivity contribution < 1.29 is 9.25 Å². The van der Waals surface area contributed by atoms with Gasteiger partial charge in [-0.2, -0.15) is 5.48 Å². The summed E-state index contributed by atoms with van der Waals surface area (Å²) in [5.41, 5.74) is 2.67. The summed E-state index contributed by atoms with van der Waals surface area (Å²) in [5, 5.41) is 0. The van der Waals surface area contributed by atoms with Crippen molar-refractivity contribution in [1.82, 2.24) is 5.48 Å². The molecule has 0 aromatic carbocycles. The van der Waals surface area contributed by atoms with E-state index in [2.05, 4.69) is 26.2 Å². The Bertz CT molecular complexity index is 199. The molecule has 1 rings (SSSR count). The van der Waals surface area contributed by atoms with E-state index in [4.69, 9.17) is 4.42 Å². The van der Waals surface area contributed by atoms with Gasteiger partial charge in [0.05, 0.1) is 24.4 Å². The third kappa shape index (κ3) is 1.83. The maximum atomic E-state index is 5.08. The van der Waals surface area contributed by atoms with Gasteiger partial charge >= 0.3 is 0 Å². The van der Waals surface area contributed by atoms with Crippen LogP contribution in [-0.2, 0) is 11.4 Å². The first-order valence-corrected chi connectivity index (χ1v) is 3.61. The predicted molar refractivity (Wildman–Crippen MR) is 40.3 cm³/mol. The van der Waals surface area contributed by atoms with Crippen LogP contribution in [0.1, 0.15) is 5.76 Å². The summed E-state index contributed by atoms with van der Waals surface area (Å²) in [7, 11) is 1.57. The molecule has 1 aromatic heterocycles. The quantitative estimate of drug-likeness (QED) is 0.764. The zero-order chi connectivity index (χ0) is 7.40. The molecule has 0 bridgehead atoms. The molecule has 1 N–H and O–H groups in total. The third-order valence-corrected chi connectivity index (χ3v) is 1.77. The number of nitrogens with one attached hydrogen (secondary N) is 1. The molecule has 0 radical (unpaired) electrons. The van der Waals surface area contributed by atoms with Gasteiger partial charge in [0.15, 0.2) is 0 Å². The fourth-order valence-electron chi connectivity index (χ4n) is 0.589. The lowest BCUT2D eigenvalue weighted by molar-refractivity contribution is 0.0816. The number of hydroxylamine groups is 1. The van der Waals surface area contributed by atoms with Crippen molar-refractivity contribution in [3.63, 3.8) is 0 Å². The molecule has 0 aliphatic rings. The van der Waals surface area contributed by atoms with Gasteiger partial charge in [0.2, 0.25) is 0 Å². The topological polar surface area (TPSA) is 34.4 Å². The monoisotopic (exact) mass is 205 g/mol. The Labute approximate surface area is 67.4 Å². The van der Waals surface area contributed by atoms with Gasteiger partial charge in [0.25, 0.3) is 0 Å². The van der Waals surface area contributed by atoms with E-state index in [0.29, 0.717) is 6.54 Å². The molecule has 0 unspecified atom stereocenters. The summed E-state index contributed by atoms with van der Waals surface area (Å²) < 4.78 is 6.03. The van der Waals surface area contributed by atoms with Crippen molar-refractivity contribution >= 4 is 15.9 Å². The van der Waals surface area contributed by atoms with Crippen LogP contribution < -0.4 is 5.48 Å². The van der Waals surface area contributed by atoms with Crippen LogP contribution in [0, 0.1) is 0 Å². The van der Waals surface area contributed by atoms with Crippen LogP contribution >= 0.6 is 15.9 Å². The Morgan fingerprint density at radius 1 is 1.80 bits per heavy atom. The normalized spacial score (nSPS) is 10.2. The van der Waals surface area contributed by atoms with Gasteiger partial charge in [-0.05, 0) is 22.0 Å². The van der Waals surface area contributed by atoms with Gasteiger partial charge in [-0.1, -0.05) is 0 Å². The van der Waals surface area contributed by atoms with Crippen LogP contribution in [0.3, 0.4) is 0 Å². The van der Waals surface area contributed by atoms with Gasteiger partial charge in [0, 0.05) is 0 Å². The number of furan rings is 1. The van der Waals surface area contributed by atoms with Crippen LogP contribution in [0.15, 0.2) is 21.2 Å². The molecule has 1 aromatic rings. The molecular weight excluding hydrogens is 198 g/mol. The fourth-order valence-corrected chi connectivity index (χ4v) is 0.931. The van der Waals surface area contributed by atoms with Crippen LogP contribution in [0.5, 0.6) is 0 Å². The highest BCUT2D eigenvalue weighted by Gasteiger charge is 2.00. The average Bonchev–Trinajstić information content (AvgIpc) is 2.31. The first-order chi connectivity index (χ1) is 4.84. The molecule has 56 valence electrons. The molecule has 0 atom stereocenters.